The van der Waals surface area contributed by atoms with E-state index in [1.165, 1.54) is 0 Å². The Morgan fingerprint density at radius 3 is 2.30 bits per heavy atom. The molecule has 0 amide bonds. The molecule has 0 bridgehead atoms. The van der Waals surface area contributed by atoms with Crippen molar-refractivity contribution >= 4 is 0 Å². The summed E-state index contributed by atoms with van der Waals surface area (Å²) in [5.74, 6) is 0. The number of hydrogen-bond donors (Lipinski definition) is 1. The Hall–Kier alpha value is -0.160. The number of hydrogen-bond acceptors (Lipinski definition) is 4. The minimum Gasteiger partial charge on any atom is -0.396 e. The molecule has 0 saturated carbocycles. The van der Waals surface area contributed by atoms with E-state index in [2.05, 4.69) is 14.8 Å². The van der Waals surface area contributed by atoms with Gasteiger partial charge in [0.25, 0.3) is 0 Å². The van der Waals surface area contributed by atoms with Crippen LogP contribution in [0.15, 0.2) is 0 Å². The van der Waals surface area contributed by atoms with Crippen molar-refractivity contribution in [2.45, 2.75) is 13.3 Å². The molecule has 10 heavy (non-hydrogen) atoms. The van der Waals surface area contributed by atoms with Gasteiger partial charge in [-0.2, -0.15) is 0 Å². The largest absolute Gasteiger partial charge is 0.396 e. The Kier molecular flexibility index (Phi) is 2.62. The molecule has 1 fully saturated rings. The van der Waals surface area contributed by atoms with Gasteiger partial charge in [0.1, 0.15) is 0 Å². The summed E-state index contributed by atoms with van der Waals surface area (Å²) >= 11 is 0. The smallest absolute Gasteiger partial charge is 0.0955 e. The SMILES string of the molecule is CCC1(CO)COOOC1. The lowest BCUT2D eigenvalue weighted by Crippen LogP contribution is -2.39. The molecule has 1 aliphatic rings. The molecule has 1 saturated heterocycles. The van der Waals surface area contributed by atoms with Crippen molar-refractivity contribution < 1.29 is 19.9 Å². The predicted molar refractivity (Wildman–Crippen MR) is 32.8 cm³/mol. The van der Waals surface area contributed by atoms with E-state index in [0.717, 1.165) is 6.42 Å². The first-order valence-corrected chi connectivity index (χ1v) is 3.35. The predicted octanol–water partition coefficient (Wildman–Crippen LogP) is 0.269. The molecule has 0 aromatic carbocycles. The Labute approximate surface area is 59.6 Å². The summed E-state index contributed by atoms with van der Waals surface area (Å²) < 4.78 is 0. The van der Waals surface area contributed by atoms with Crippen LogP contribution in [-0.2, 0) is 14.8 Å². The van der Waals surface area contributed by atoms with Crippen LogP contribution in [0.2, 0.25) is 0 Å². The Morgan fingerprint density at radius 2 is 2.00 bits per heavy atom. The lowest BCUT2D eigenvalue weighted by atomic mass is 9.88. The fourth-order valence-corrected chi connectivity index (χ4v) is 0.781. The lowest BCUT2D eigenvalue weighted by Gasteiger charge is -2.31. The molecule has 0 radical (unpaired) electrons. The van der Waals surface area contributed by atoms with Crippen molar-refractivity contribution in [2.24, 2.45) is 5.41 Å². The molecule has 0 aliphatic carbocycles. The zero-order valence-electron chi connectivity index (χ0n) is 6.00. The van der Waals surface area contributed by atoms with Crippen LogP contribution < -0.4 is 0 Å². The third kappa shape index (κ3) is 1.46. The zero-order valence-corrected chi connectivity index (χ0v) is 6.00. The average Bonchev–Trinajstić information content (AvgIpc) is 2.06. The molecule has 0 atom stereocenters. The average molecular weight is 148 g/mol. The van der Waals surface area contributed by atoms with E-state index in [-0.39, 0.29) is 12.0 Å². The van der Waals surface area contributed by atoms with Crippen molar-refractivity contribution in [1.82, 2.24) is 0 Å². The highest BCUT2D eigenvalue weighted by atomic mass is 17.5. The molecule has 60 valence electrons. The van der Waals surface area contributed by atoms with Crippen molar-refractivity contribution in [3.63, 3.8) is 0 Å². The van der Waals surface area contributed by atoms with Gasteiger partial charge in [0.2, 0.25) is 0 Å². The van der Waals surface area contributed by atoms with Crippen LogP contribution in [0.3, 0.4) is 0 Å². The highest BCUT2D eigenvalue weighted by molar-refractivity contribution is 4.76. The van der Waals surface area contributed by atoms with E-state index < -0.39 is 0 Å². The van der Waals surface area contributed by atoms with Gasteiger partial charge in [0.15, 0.2) is 0 Å². The second-order valence-corrected chi connectivity index (χ2v) is 2.60. The van der Waals surface area contributed by atoms with Crippen LogP contribution in [0, 0.1) is 5.41 Å². The monoisotopic (exact) mass is 148 g/mol. The molecule has 4 heteroatoms. The molecule has 0 spiro atoms. The van der Waals surface area contributed by atoms with Crippen LogP contribution in [0.5, 0.6) is 0 Å². The Balaban J connectivity index is 2.44. The molecule has 4 nitrogen and oxygen atoms in total. The maximum atomic E-state index is 8.93. The van der Waals surface area contributed by atoms with Gasteiger partial charge in [-0.25, -0.2) is 9.78 Å². The third-order valence-electron chi connectivity index (χ3n) is 1.91. The fourth-order valence-electron chi connectivity index (χ4n) is 0.781. The minimum absolute atomic E-state index is 0.0762. The van der Waals surface area contributed by atoms with Gasteiger partial charge in [-0.15, -0.1) is 0 Å². The minimum atomic E-state index is -0.252. The first kappa shape index (κ1) is 7.94. The van der Waals surface area contributed by atoms with Crippen LogP contribution in [0.1, 0.15) is 13.3 Å². The summed E-state index contributed by atoms with van der Waals surface area (Å²) in [5.41, 5.74) is -0.252. The molecular weight excluding hydrogens is 136 g/mol. The summed E-state index contributed by atoms with van der Waals surface area (Å²) in [5, 5.41) is 13.1. The summed E-state index contributed by atoms with van der Waals surface area (Å²) in [6.07, 6.45) is 0.826. The maximum absolute atomic E-state index is 8.93. The highest BCUT2D eigenvalue weighted by Crippen LogP contribution is 2.25. The zero-order chi connectivity index (χ0) is 7.45. The van der Waals surface area contributed by atoms with Gasteiger partial charge in [-0.3, -0.25) is 0 Å². The van der Waals surface area contributed by atoms with Gasteiger partial charge in [-0.1, -0.05) is 12.0 Å². The lowest BCUT2D eigenvalue weighted by molar-refractivity contribution is -0.551. The Morgan fingerprint density at radius 1 is 1.40 bits per heavy atom. The number of aliphatic hydroxyl groups is 1. The normalized spacial score (nSPS) is 24.6. The first-order chi connectivity index (χ1) is 4.83. The van der Waals surface area contributed by atoms with Gasteiger partial charge in [-0.05, 0) is 6.42 Å². The quantitative estimate of drug-likeness (QED) is 0.571. The molecule has 1 heterocycles. The molecule has 1 aliphatic heterocycles. The van der Waals surface area contributed by atoms with Crippen LogP contribution in [0.4, 0.5) is 0 Å². The standard InChI is InChI=1S/C6H12O4/c1-2-6(3-7)4-8-10-9-5-6/h7H,2-5H2,1H3. The maximum Gasteiger partial charge on any atom is 0.0955 e. The second-order valence-electron chi connectivity index (χ2n) is 2.60. The van der Waals surface area contributed by atoms with Gasteiger partial charge in [0.05, 0.1) is 19.8 Å². The fraction of sp³-hybridized carbons (Fsp3) is 1.00. The van der Waals surface area contributed by atoms with Crippen molar-refractivity contribution in [3.8, 4) is 0 Å². The highest BCUT2D eigenvalue weighted by Gasteiger charge is 2.32. The van der Waals surface area contributed by atoms with E-state index in [9.17, 15) is 0 Å². The van der Waals surface area contributed by atoms with E-state index in [0.29, 0.717) is 13.2 Å². The summed E-state index contributed by atoms with van der Waals surface area (Å²) in [4.78, 5) is 9.17. The molecule has 0 unspecified atom stereocenters. The van der Waals surface area contributed by atoms with E-state index in [1.54, 1.807) is 0 Å². The van der Waals surface area contributed by atoms with E-state index in [1.807, 2.05) is 6.92 Å². The van der Waals surface area contributed by atoms with Crippen LogP contribution in [-0.4, -0.2) is 24.9 Å². The summed E-state index contributed by atoms with van der Waals surface area (Å²) in [7, 11) is 0. The van der Waals surface area contributed by atoms with Gasteiger partial charge in [0, 0.05) is 5.41 Å². The first-order valence-electron chi connectivity index (χ1n) is 3.35. The van der Waals surface area contributed by atoms with E-state index >= 15 is 0 Å². The van der Waals surface area contributed by atoms with Gasteiger partial charge >= 0.3 is 0 Å². The van der Waals surface area contributed by atoms with Crippen molar-refractivity contribution in [2.75, 3.05) is 19.8 Å². The Bertz CT molecular complexity index is 91.9. The molecule has 0 aromatic rings. The van der Waals surface area contributed by atoms with Crippen molar-refractivity contribution in [1.29, 1.82) is 0 Å². The van der Waals surface area contributed by atoms with E-state index in [4.69, 9.17) is 5.11 Å². The number of rotatable bonds is 2. The van der Waals surface area contributed by atoms with Crippen molar-refractivity contribution in [3.05, 3.63) is 0 Å². The number of aliphatic hydroxyl groups excluding tert-OH is 1. The summed E-state index contributed by atoms with van der Waals surface area (Å²) in [6.45, 7) is 2.86. The van der Waals surface area contributed by atoms with Crippen LogP contribution in [0.25, 0.3) is 0 Å². The molecule has 1 rings (SSSR count). The molecule has 1 N–H and O–H groups in total. The van der Waals surface area contributed by atoms with Crippen LogP contribution >= 0.6 is 0 Å². The topological polar surface area (TPSA) is 47.9 Å². The molecular formula is C6H12O4. The summed E-state index contributed by atoms with van der Waals surface area (Å²) in [6, 6.07) is 0. The van der Waals surface area contributed by atoms with Gasteiger partial charge < -0.3 is 5.11 Å². The second kappa shape index (κ2) is 3.30. The molecule has 0 aromatic heterocycles. The third-order valence-corrected chi connectivity index (χ3v) is 1.91.